The Labute approximate surface area is 147 Å². The van der Waals surface area contributed by atoms with Crippen LogP contribution in [0.3, 0.4) is 0 Å². The van der Waals surface area contributed by atoms with E-state index in [4.69, 9.17) is 4.74 Å². The molecule has 1 fully saturated rings. The zero-order valence-corrected chi connectivity index (χ0v) is 14.8. The molecule has 0 radical (unpaired) electrons. The number of hydrogen-bond donors (Lipinski definition) is 2. The number of rotatable bonds is 8. The minimum absolute atomic E-state index is 0.102. The summed E-state index contributed by atoms with van der Waals surface area (Å²) in [6.45, 7) is 5.64. The number of aromatic amines is 2. The third kappa shape index (κ3) is 5.51. The van der Waals surface area contributed by atoms with Gasteiger partial charge in [-0.2, -0.15) is 0 Å². The summed E-state index contributed by atoms with van der Waals surface area (Å²) < 4.78 is 5.87. The number of nitrogens with one attached hydrogen (secondary N) is 2. The average molecular weight is 345 g/mol. The highest BCUT2D eigenvalue weighted by molar-refractivity contribution is 5.02. The van der Waals surface area contributed by atoms with Gasteiger partial charge in [0.25, 0.3) is 5.56 Å². The van der Waals surface area contributed by atoms with Crippen LogP contribution in [-0.4, -0.2) is 50.6 Å². The van der Waals surface area contributed by atoms with Crippen molar-refractivity contribution < 1.29 is 4.74 Å². The summed E-state index contributed by atoms with van der Waals surface area (Å²) >= 11 is 0. The number of nitrogens with zero attached hydrogens (tertiary/aromatic N) is 3. The Balaban J connectivity index is 1.47. The van der Waals surface area contributed by atoms with Gasteiger partial charge in [-0.3, -0.25) is 9.69 Å². The van der Waals surface area contributed by atoms with Gasteiger partial charge in [0.2, 0.25) is 0 Å². The molecule has 0 spiro atoms. The molecule has 1 aliphatic rings. The summed E-state index contributed by atoms with van der Waals surface area (Å²) in [4.78, 5) is 28.4. The lowest BCUT2D eigenvalue weighted by atomic mass is 10.1. The van der Waals surface area contributed by atoms with Crippen molar-refractivity contribution in [3.8, 4) is 0 Å². The van der Waals surface area contributed by atoms with Crippen LogP contribution in [0.5, 0.6) is 0 Å². The number of H-pyrrole nitrogens is 2. The standard InChI is InChI=1S/C18H27N5O2/c1-2-3-4-17-19-10-15(22-17)11-23-7-8-25-16(12-23)6-5-14-9-18(24)21-13-20-14/h9-10,13,16H,2-8,11-12H2,1H3,(H,19,22)(H,20,21,24). The van der Waals surface area contributed by atoms with Crippen molar-refractivity contribution in [1.29, 1.82) is 0 Å². The van der Waals surface area contributed by atoms with Gasteiger partial charge >= 0.3 is 0 Å². The molecular weight excluding hydrogens is 318 g/mol. The molecule has 1 saturated heterocycles. The molecule has 0 bridgehead atoms. The molecule has 25 heavy (non-hydrogen) atoms. The van der Waals surface area contributed by atoms with E-state index in [1.54, 1.807) is 6.07 Å². The number of imidazole rings is 1. The van der Waals surface area contributed by atoms with Gasteiger partial charge in [-0.05, 0) is 19.3 Å². The maximum atomic E-state index is 11.3. The molecule has 2 aromatic rings. The Morgan fingerprint density at radius 2 is 2.28 bits per heavy atom. The highest BCUT2D eigenvalue weighted by Gasteiger charge is 2.21. The monoisotopic (exact) mass is 345 g/mol. The number of aromatic nitrogens is 4. The molecule has 3 rings (SSSR count). The predicted octanol–water partition coefficient (Wildman–Crippen LogP) is 1.67. The molecule has 2 aromatic heterocycles. The number of aryl methyl sites for hydroxylation is 2. The first-order valence-electron chi connectivity index (χ1n) is 9.13. The largest absolute Gasteiger partial charge is 0.376 e. The van der Waals surface area contributed by atoms with Crippen LogP contribution < -0.4 is 5.56 Å². The number of unbranched alkanes of at least 4 members (excludes halogenated alkanes) is 1. The van der Waals surface area contributed by atoms with Crippen LogP contribution in [0.15, 0.2) is 23.4 Å². The second-order valence-electron chi connectivity index (χ2n) is 6.63. The van der Waals surface area contributed by atoms with Crippen molar-refractivity contribution in [2.24, 2.45) is 0 Å². The number of morpholine rings is 1. The van der Waals surface area contributed by atoms with E-state index >= 15 is 0 Å². The molecule has 0 amide bonds. The van der Waals surface area contributed by atoms with Crippen LogP contribution in [0.4, 0.5) is 0 Å². The summed E-state index contributed by atoms with van der Waals surface area (Å²) in [6, 6.07) is 1.56. The van der Waals surface area contributed by atoms with Gasteiger partial charge < -0.3 is 14.7 Å². The van der Waals surface area contributed by atoms with Gasteiger partial charge in [-0.25, -0.2) is 9.97 Å². The Hall–Kier alpha value is -1.99. The molecule has 7 nitrogen and oxygen atoms in total. The highest BCUT2D eigenvalue weighted by Crippen LogP contribution is 2.14. The topological polar surface area (TPSA) is 86.9 Å². The number of ether oxygens (including phenoxy) is 1. The predicted molar refractivity (Wildman–Crippen MR) is 95.4 cm³/mol. The minimum Gasteiger partial charge on any atom is -0.376 e. The van der Waals surface area contributed by atoms with Crippen LogP contribution in [0.25, 0.3) is 0 Å². The fourth-order valence-electron chi connectivity index (χ4n) is 3.15. The molecule has 0 saturated carbocycles. The average Bonchev–Trinajstić information content (AvgIpc) is 3.06. The Morgan fingerprint density at radius 1 is 1.36 bits per heavy atom. The maximum Gasteiger partial charge on any atom is 0.250 e. The Morgan fingerprint density at radius 3 is 3.12 bits per heavy atom. The van der Waals surface area contributed by atoms with Crippen LogP contribution in [0, 0.1) is 0 Å². The summed E-state index contributed by atoms with van der Waals surface area (Å²) in [6.07, 6.45) is 8.59. The lowest BCUT2D eigenvalue weighted by Crippen LogP contribution is -2.42. The first-order chi connectivity index (χ1) is 12.2. The van der Waals surface area contributed by atoms with Crippen LogP contribution >= 0.6 is 0 Å². The fourth-order valence-corrected chi connectivity index (χ4v) is 3.15. The second-order valence-corrected chi connectivity index (χ2v) is 6.63. The van der Waals surface area contributed by atoms with E-state index in [0.29, 0.717) is 0 Å². The second kappa shape index (κ2) is 8.92. The molecule has 0 aromatic carbocycles. The van der Waals surface area contributed by atoms with E-state index in [1.807, 2.05) is 6.20 Å². The van der Waals surface area contributed by atoms with Crippen molar-refractivity contribution in [3.63, 3.8) is 0 Å². The van der Waals surface area contributed by atoms with E-state index < -0.39 is 0 Å². The van der Waals surface area contributed by atoms with Gasteiger partial charge in [-0.15, -0.1) is 0 Å². The van der Waals surface area contributed by atoms with E-state index in [2.05, 4.69) is 31.8 Å². The normalized spacial score (nSPS) is 18.5. The summed E-state index contributed by atoms with van der Waals surface area (Å²) in [5.74, 6) is 1.09. The maximum absolute atomic E-state index is 11.3. The molecule has 0 aliphatic carbocycles. The zero-order valence-electron chi connectivity index (χ0n) is 14.8. The van der Waals surface area contributed by atoms with Crippen molar-refractivity contribution in [3.05, 3.63) is 46.2 Å². The Kier molecular flexibility index (Phi) is 6.36. The molecule has 1 atom stereocenters. The number of hydrogen-bond acceptors (Lipinski definition) is 5. The molecule has 2 N–H and O–H groups in total. The molecule has 136 valence electrons. The molecular formula is C18H27N5O2. The third-order valence-corrected chi connectivity index (χ3v) is 4.52. The van der Waals surface area contributed by atoms with Gasteiger partial charge in [0.15, 0.2) is 0 Å². The van der Waals surface area contributed by atoms with Crippen LogP contribution in [0.1, 0.15) is 43.4 Å². The quantitative estimate of drug-likeness (QED) is 0.760. The summed E-state index contributed by atoms with van der Waals surface area (Å²) in [7, 11) is 0. The molecule has 3 heterocycles. The first-order valence-corrected chi connectivity index (χ1v) is 9.13. The highest BCUT2D eigenvalue weighted by atomic mass is 16.5. The van der Waals surface area contributed by atoms with E-state index in [1.165, 1.54) is 24.9 Å². The van der Waals surface area contributed by atoms with E-state index in [0.717, 1.165) is 57.0 Å². The SMILES string of the molecule is CCCCc1ncc(CN2CCOC(CCc3cc(=O)[nH]cn3)C2)[nH]1. The Bertz CT molecular complexity index is 711. The lowest BCUT2D eigenvalue weighted by molar-refractivity contribution is -0.0349. The van der Waals surface area contributed by atoms with Crippen molar-refractivity contribution >= 4 is 0 Å². The van der Waals surface area contributed by atoms with Crippen molar-refractivity contribution in [1.82, 2.24) is 24.8 Å². The van der Waals surface area contributed by atoms with E-state index in [-0.39, 0.29) is 11.7 Å². The summed E-state index contributed by atoms with van der Waals surface area (Å²) in [5.41, 5.74) is 1.89. The first kappa shape index (κ1) is 17.8. The van der Waals surface area contributed by atoms with Crippen LogP contribution in [0.2, 0.25) is 0 Å². The van der Waals surface area contributed by atoms with Gasteiger partial charge in [-0.1, -0.05) is 13.3 Å². The molecule has 7 heteroatoms. The van der Waals surface area contributed by atoms with Gasteiger partial charge in [0.1, 0.15) is 5.82 Å². The lowest BCUT2D eigenvalue weighted by Gasteiger charge is -2.32. The minimum atomic E-state index is -0.102. The smallest absolute Gasteiger partial charge is 0.250 e. The third-order valence-electron chi connectivity index (χ3n) is 4.52. The van der Waals surface area contributed by atoms with E-state index in [9.17, 15) is 4.79 Å². The fraction of sp³-hybridized carbons (Fsp3) is 0.611. The van der Waals surface area contributed by atoms with Crippen LogP contribution in [-0.2, 0) is 24.1 Å². The molecule has 1 unspecified atom stereocenters. The van der Waals surface area contributed by atoms with Gasteiger partial charge in [0.05, 0.1) is 19.0 Å². The van der Waals surface area contributed by atoms with Gasteiger partial charge in [0, 0.05) is 49.7 Å². The van der Waals surface area contributed by atoms with Crippen molar-refractivity contribution in [2.75, 3.05) is 19.7 Å². The summed E-state index contributed by atoms with van der Waals surface area (Å²) in [5, 5.41) is 0. The molecule has 1 aliphatic heterocycles. The van der Waals surface area contributed by atoms with Crippen molar-refractivity contribution in [2.45, 2.75) is 51.7 Å². The zero-order chi connectivity index (χ0) is 17.5.